The summed E-state index contributed by atoms with van der Waals surface area (Å²) < 4.78 is 5.20. The molecule has 0 bridgehead atoms. The first-order chi connectivity index (χ1) is 19.2. The van der Waals surface area contributed by atoms with Gasteiger partial charge in [0.1, 0.15) is 6.61 Å². The average molecular weight is 565 g/mol. The maximum Gasteiger partial charge on any atom is 0.408 e. The van der Waals surface area contributed by atoms with Crippen molar-refractivity contribution in [2.24, 2.45) is 5.92 Å². The largest absolute Gasteiger partial charge is 0.445 e. The maximum atomic E-state index is 12.8. The lowest BCUT2D eigenvalue weighted by Crippen LogP contribution is -2.42. The Balaban J connectivity index is 2.56. The van der Waals surface area contributed by atoms with Crippen molar-refractivity contribution < 1.29 is 38.9 Å². The molecule has 40 heavy (non-hydrogen) atoms. The predicted octanol–water partition coefficient (Wildman–Crippen LogP) is 0.939. The van der Waals surface area contributed by atoms with Gasteiger partial charge in [0, 0.05) is 45.3 Å². The number of carbonyl (C=O) groups excluding carboxylic acids is 5. The Kier molecular flexibility index (Phi) is 17.6. The highest BCUT2D eigenvalue weighted by Gasteiger charge is 2.23. The van der Waals surface area contributed by atoms with Gasteiger partial charge in [-0.2, -0.15) is 0 Å². The van der Waals surface area contributed by atoms with E-state index in [1.807, 2.05) is 13.0 Å². The van der Waals surface area contributed by atoms with Crippen LogP contribution in [0.1, 0.15) is 63.9 Å². The molecule has 12 heteroatoms. The molecule has 0 aliphatic heterocycles. The van der Waals surface area contributed by atoms with Gasteiger partial charge in [0.2, 0.25) is 17.7 Å². The highest BCUT2D eigenvalue weighted by Crippen LogP contribution is 2.12. The summed E-state index contributed by atoms with van der Waals surface area (Å²) in [5, 5.41) is 28.5. The van der Waals surface area contributed by atoms with E-state index in [9.17, 15) is 29.1 Å². The molecule has 12 nitrogen and oxygen atoms in total. The average Bonchev–Trinajstić information content (AvgIpc) is 2.97. The van der Waals surface area contributed by atoms with E-state index in [0.29, 0.717) is 13.0 Å². The highest BCUT2D eigenvalue weighted by atomic mass is 16.5. The zero-order valence-electron chi connectivity index (χ0n) is 23.4. The van der Waals surface area contributed by atoms with Crippen molar-refractivity contribution in [3.8, 4) is 0 Å². The van der Waals surface area contributed by atoms with Gasteiger partial charge in [0.05, 0.1) is 18.8 Å². The van der Waals surface area contributed by atoms with E-state index >= 15 is 0 Å². The molecule has 6 N–H and O–H groups in total. The van der Waals surface area contributed by atoms with Crippen LogP contribution in [0.15, 0.2) is 30.3 Å². The Labute approximate surface area is 235 Å². The zero-order chi connectivity index (χ0) is 29.8. The molecular weight excluding hydrogens is 520 g/mol. The Hall–Kier alpha value is -3.51. The van der Waals surface area contributed by atoms with Gasteiger partial charge in [-0.1, -0.05) is 43.7 Å². The Morgan fingerprint density at radius 1 is 0.925 bits per heavy atom. The molecule has 0 aromatic heterocycles. The number of hydrogen-bond acceptors (Lipinski definition) is 8. The van der Waals surface area contributed by atoms with Crippen molar-refractivity contribution in [1.82, 2.24) is 21.3 Å². The summed E-state index contributed by atoms with van der Waals surface area (Å²) in [6, 6.07) is 7.97. The van der Waals surface area contributed by atoms with Gasteiger partial charge in [-0.15, -0.1) is 0 Å². The van der Waals surface area contributed by atoms with Crippen LogP contribution in [-0.4, -0.2) is 78.7 Å². The number of Topliss-reactive ketones (excluding diaryl/α,β-unsaturated/α-hetero) is 1. The topological polar surface area (TPSA) is 183 Å². The lowest BCUT2D eigenvalue weighted by molar-refractivity contribution is -0.127. The van der Waals surface area contributed by atoms with E-state index in [2.05, 4.69) is 21.3 Å². The number of aliphatic hydroxyl groups is 2. The fourth-order valence-corrected chi connectivity index (χ4v) is 3.85. The van der Waals surface area contributed by atoms with Crippen molar-refractivity contribution in [3.05, 3.63) is 35.9 Å². The predicted molar refractivity (Wildman–Crippen MR) is 148 cm³/mol. The summed E-state index contributed by atoms with van der Waals surface area (Å²) in [7, 11) is 1.61. The Bertz CT molecular complexity index is 928. The third kappa shape index (κ3) is 15.2. The molecule has 3 atom stereocenters. The molecule has 2 unspecified atom stereocenters. The van der Waals surface area contributed by atoms with Crippen LogP contribution in [0, 0.1) is 5.92 Å². The van der Waals surface area contributed by atoms with Crippen molar-refractivity contribution in [3.63, 3.8) is 0 Å². The smallest absolute Gasteiger partial charge is 0.408 e. The van der Waals surface area contributed by atoms with E-state index < -0.39 is 36.5 Å². The third-order valence-corrected chi connectivity index (χ3v) is 6.31. The minimum atomic E-state index is -1.10. The van der Waals surface area contributed by atoms with Gasteiger partial charge in [0.15, 0.2) is 5.78 Å². The summed E-state index contributed by atoms with van der Waals surface area (Å²) in [6.07, 6.45) is 0.635. The van der Waals surface area contributed by atoms with E-state index in [1.54, 1.807) is 31.3 Å². The SMILES string of the molecule is CCC(CCCCNC(=O)CC[C@H](NC(=O)OCc1ccccc1)C(=O)CCC(=O)NCC(O)CO)C(=O)NC. The van der Waals surface area contributed by atoms with E-state index in [0.717, 1.165) is 24.8 Å². The van der Waals surface area contributed by atoms with Gasteiger partial charge in [0.25, 0.3) is 0 Å². The fourth-order valence-electron chi connectivity index (χ4n) is 3.85. The summed E-state index contributed by atoms with van der Waals surface area (Å²) in [5.41, 5.74) is 0.766. The highest BCUT2D eigenvalue weighted by molar-refractivity contribution is 5.91. The number of alkyl carbamates (subject to hydrolysis) is 1. The van der Waals surface area contributed by atoms with Crippen LogP contribution >= 0.6 is 0 Å². The van der Waals surface area contributed by atoms with Crippen molar-refractivity contribution in [2.45, 2.75) is 77.0 Å². The van der Waals surface area contributed by atoms with Gasteiger partial charge in [-0.3, -0.25) is 19.2 Å². The quantitative estimate of drug-likeness (QED) is 0.126. The zero-order valence-corrected chi connectivity index (χ0v) is 23.4. The number of amides is 4. The van der Waals surface area contributed by atoms with Gasteiger partial charge in [-0.05, 0) is 31.2 Å². The normalized spacial score (nSPS) is 12.9. The molecule has 1 aromatic rings. The van der Waals surface area contributed by atoms with Crippen molar-refractivity contribution in [2.75, 3.05) is 26.7 Å². The Morgan fingerprint density at radius 3 is 2.27 bits per heavy atom. The standard InChI is InChI=1S/C28H44N4O8/c1-3-21(27(38)29-2)11-7-8-16-30-25(36)14-12-23(24(35)13-15-26(37)31-17-22(34)18-33)32-28(39)40-19-20-9-5-4-6-10-20/h4-6,9-10,21-23,33-34H,3,7-8,11-19H2,1-2H3,(H,29,38)(H,30,36)(H,31,37)(H,32,39)/t21?,22?,23-/m0/s1. The summed E-state index contributed by atoms with van der Waals surface area (Å²) >= 11 is 0. The first kappa shape index (κ1) is 34.5. The second kappa shape index (κ2) is 20.4. The van der Waals surface area contributed by atoms with Gasteiger partial charge < -0.3 is 36.2 Å². The molecule has 0 saturated heterocycles. The fraction of sp³-hybridized carbons (Fsp3) is 0.607. The number of rotatable bonds is 20. The number of carbonyl (C=O) groups is 5. The third-order valence-electron chi connectivity index (χ3n) is 6.31. The van der Waals surface area contributed by atoms with Crippen LogP contribution in [0.4, 0.5) is 4.79 Å². The lowest BCUT2D eigenvalue weighted by atomic mass is 9.98. The number of ketones is 1. The van der Waals surface area contributed by atoms with E-state index in [1.165, 1.54) is 0 Å². The van der Waals surface area contributed by atoms with Gasteiger partial charge in [-0.25, -0.2) is 4.79 Å². The molecule has 4 amide bonds. The molecule has 0 aliphatic rings. The van der Waals surface area contributed by atoms with E-state index in [4.69, 9.17) is 9.84 Å². The Morgan fingerprint density at radius 2 is 1.62 bits per heavy atom. The lowest BCUT2D eigenvalue weighted by Gasteiger charge is -2.18. The summed E-state index contributed by atoms with van der Waals surface area (Å²) in [5.74, 6) is -1.27. The van der Waals surface area contributed by atoms with Crippen LogP contribution in [0.3, 0.4) is 0 Å². The molecule has 224 valence electrons. The minimum absolute atomic E-state index is 0.00244. The van der Waals surface area contributed by atoms with Crippen LogP contribution in [0.25, 0.3) is 0 Å². The van der Waals surface area contributed by atoms with Crippen LogP contribution in [0.2, 0.25) is 0 Å². The number of ether oxygens (including phenoxy) is 1. The minimum Gasteiger partial charge on any atom is -0.445 e. The molecule has 0 radical (unpaired) electrons. The molecule has 0 fully saturated rings. The number of unbranched alkanes of at least 4 members (excludes halogenated alkanes) is 1. The molecule has 0 saturated carbocycles. The first-order valence-corrected chi connectivity index (χ1v) is 13.7. The van der Waals surface area contributed by atoms with Crippen LogP contribution in [-0.2, 0) is 30.5 Å². The first-order valence-electron chi connectivity index (χ1n) is 13.7. The molecule has 0 aliphatic carbocycles. The van der Waals surface area contributed by atoms with Crippen molar-refractivity contribution in [1.29, 1.82) is 0 Å². The summed E-state index contributed by atoms with van der Waals surface area (Å²) in [6.45, 7) is 1.73. The molecule has 0 spiro atoms. The van der Waals surface area contributed by atoms with E-state index in [-0.39, 0.29) is 56.6 Å². The van der Waals surface area contributed by atoms with Gasteiger partial charge >= 0.3 is 6.09 Å². The monoisotopic (exact) mass is 564 g/mol. The van der Waals surface area contributed by atoms with Crippen LogP contribution < -0.4 is 21.3 Å². The second-order valence-electron chi connectivity index (χ2n) is 9.47. The molecule has 1 rings (SSSR count). The second-order valence-corrected chi connectivity index (χ2v) is 9.47. The molecular formula is C28H44N4O8. The number of nitrogens with one attached hydrogen (secondary N) is 4. The summed E-state index contributed by atoms with van der Waals surface area (Å²) in [4.78, 5) is 61.3. The number of benzene rings is 1. The van der Waals surface area contributed by atoms with Crippen LogP contribution in [0.5, 0.6) is 0 Å². The van der Waals surface area contributed by atoms with Crippen molar-refractivity contribution >= 4 is 29.6 Å². The number of hydrogen-bond donors (Lipinski definition) is 6. The maximum absolute atomic E-state index is 12.8. The number of aliphatic hydroxyl groups excluding tert-OH is 2. The molecule has 0 heterocycles. The molecule has 1 aromatic carbocycles.